The first-order valence-corrected chi connectivity index (χ1v) is 10.1. The number of fused-ring (bicyclic) bond motifs is 1. The maximum atomic E-state index is 12.8. The smallest absolute Gasteiger partial charge is 0.317 e. The predicted molar refractivity (Wildman–Crippen MR) is 120 cm³/mol. The van der Waals surface area contributed by atoms with Gasteiger partial charge in [0.2, 0.25) is 0 Å². The molecule has 0 spiro atoms. The Morgan fingerprint density at radius 1 is 1.00 bits per heavy atom. The van der Waals surface area contributed by atoms with Crippen LogP contribution >= 0.6 is 0 Å². The molecule has 0 aliphatic carbocycles. The summed E-state index contributed by atoms with van der Waals surface area (Å²) >= 11 is 0. The van der Waals surface area contributed by atoms with Crippen molar-refractivity contribution in [3.8, 4) is 0 Å². The minimum Gasteiger partial charge on any atom is -0.352 e. The Balaban J connectivity index is 1.88. The molecule has 2 aromatic carbocycles. The third-order valence-corrected chi connectivity index (χ3v) is 5.01. The van der Waals surface area contributed by atoms with Crippen LogP contribution in [-0.2, 0) is 13.1 Å². The van der Waals surface area contributed by atoms with Gasteiger partial charge in [0.05, 0.1) is 17.6 Å². The number of rotatable bonds is 8. The second-order valence-electron chi connectivity index (χ2n) is 7.72. The number of para-hydroxylation sites is 2. The van der Waals surface area contributed by atoms with Crippen LogP contribution in [0.5, 0.6) is 0 Å². The zero-order chi connectivity index (χ0) is 21.7. The summed E-state index contributed by atoms with van der Waals surface area (Å²) in [5.41, 5.74) is 1.62. The van der Waals surface area contributed by atoms with E-state index in [1.54, 1.807) is 18.2 Å². The lowest BCUT2D eigenvalue weighted by atomic mass is 10.1. The fraction of sp³-hybridized carbons (Fsp3) is 0.292. The summed E-state index contributed by atoms with van der Waals surface area (Å²) in [7, 11) is 0. The fourth-order valence-corrected chi connectivity index (χ4v) is 3.36. The maximum Gasteiger partial charge on any atom is 0.317 e. The molecule has 0 unspecified atom stereocenters. The van der Waals surface area contributed by atoms with Gasteiger partial charge in [0, 0.05) is 18.7 Å². The Hall–Kier alpha value is -3.41. The number of carbonyl (C=O) groups excluding carboxylic acids is 1. The second-order valence-corrected chi connectivity index (χ2v) is 7.72. The van der Waals surface area contributed by atoms with E-state index in [0.717, 1.165) is 12.0 Å². The van der Waals surface area contributed by atoms with Crippen molar-refractivity contribution >= 4 is 16.9 Å². The summed E-state index contributed by atoms with van der Waals surface area (Å²) in [6.45, 7) is 9.06. The molecule has 0 fully saturated rings. The van der Waals surface area contributed by atoms with Gasteiger partial charge in [-0.25, -0.2) is 0 Å². The van der Waals surface area contributed by atoms with Crippen LogP contribution in [0.15, 0.2) is 70.8 Å². The predicted octanol–water partition coefficient (Wildman–Crippen LogP) is 3.17. The zero-order valence-electron chi connectivity index (χ0n) is 17.4. The molecule has 3 rings (SSSR count). The van der Waals surface area contributed by atoms with Crippen LogP contribution in [0.1, 0.15) is 36.2 Å². The monoisotopic (exact) mass is 405 g/mol. The molecule has 6 heteroatoms. The topological polar surface area (TPSA) is 73.1 Å². The van der Waals surface area contributed by atoms with Gasteiger partial charge in [0.1, 0.15) is 0 Å². The van der Waals surface area contributed by atoms with Gasteiger partial charge in [-0.1, -0.05) is 44.2 Å². The van der Waals surface area contributed by atoms with Crippen LogP contribution in [0.2, 0.25) is 0 Å². The van der Waals surface area contributed by atoms with Crippen molar-refractivity contribution in [1.29, 1.82) is 0 Å². The number of amides is 1. The molecule has 0 saturated heterocycles. The molecule has 0 aliphatic heterocycles. The quantitative estimate of drug-likeness (QED) is 0.462. The van der Waals surface area contributed by atoms with E-state index in [1.165, 1.54) is 9.13 Å². The lowest BCUT2D eigenvalue weighted by Crippen LogP contribution is -2.41. The number of benzene rings is 2. The molecule has 1 aromatic heterocycles. The maximum absolute atomic E-state index is 12.8. The molecule has 1 amide bonds. The molecular weight excluding hydrogens is 378 g/mol. The lowest BCUT2D eigenvalue weighted by molar-refractivity contribution is 0.0952. The number of allylic oxidation sites excluding steroid dienone is 1. The number of aromatic nitrogens is 2. The molecule has 30 heavy (non-hydrogen) atoms. The number of hydrogen-bond donors (Lipinski definition) is 1. The molecule has 0 radical (unpaired) electrons. The summed E-state index contributed by atoms with van der Waals surface area (Å²) in [6.07, 6.45) is 2.53. The Morgan fingerprint density at radius 3 is 2.20 bits per heavy atom. The molecule has 1 heterocycles. The Bertz CT molecular complexity index is 1170. The van der Waals surface area contributed by atoms with Crippen LogP contribution in [0.4, 0.5) is 0 Å². The van der Waals surface area contributed by atoms with Crippen molar-refractivity contribution in [2.75, 3.05) is 6.54 Å². The largest absolute Gasteiger partial charge is 0.352 e. The Labute approximate surface area is 175 Å². The summed E-state index contributed by atoms with van der Waals surface area (Å²) in [5.74, 6) is 0.416. The molecular formula is C24H27N3O3. The zero-order valence-corrected chi connectivity index (χ0v) is 17.4. The molecule has 1 N–H and O–H groups in total. The second kappa shape index (κ2) is 9.39. The number of nitrogens with one attached hydrogen (secondary N) is 1. The van der Waals surface area contributed by atoms with Gasteiger partial charge >= 0.3 is 11.1 Å². The van der Waals surface area contributed by atoms with E-state index >= 15 is 0 Å². The lowest BCUT2D eigenvalue weighted by Gasteiger charge is -2.14. The van der Waals surface area contributed by atoms with Gasteiger partial charge in [-0.15, -0.1) is 6.58 Å². The molecule has 3 aromatic rings. The van der Waals surface area contributed by atoms with E-state index in [1.807, 2.05) is 36.4 Å². The van der Waals surface area contributed by atoms with E-state index < -0.39 is 11.1 Å². The normalized spacial score (nSPS) is 11.0. The number of nitrogens with zero attached hydrogens (tertiary/aromatic N) is 2. The highest BCUT2D eigenvalue weighted by molar-refractivity contribution is 5.94. The van der Waals surface area contributed by atoms with E-state index in [2.05, 4.69) is 25.7 Å². The van der Waals surface area contributed by atoms with Crippen LogP contribution in [0, 0.1) is 5.92 Å². The third-order valence-electron chi connectivity index (χ3n) is 5.01. The van der Waals surface area contributed by atoms with Gasteiger partial charge in [0.25, 0.3) is 5.91 Å². The van der Waals surface area contributed by atoms with Gasteiger partial charge in [-0.3, -0.25) is 23.5 Å². The van der Waals surface area contributed by atoms with Crippen molar-refractivity contribution in [2.45, 2.75) is 33.4 Å². The van der Waals surface area contributed by atoms with Crippen LogP contribution < -0.4 is 16.4 Å². The van der Waals surface area contributed by atoms with Crippen molar-refractivity contribution in [3.63, 3.8) is 0 Å². The molecule has 156 valence electrons. The van der Waals surface area contributed by atoms with E-state index in [-0.39, 0.29) is 19.0 Å². The van der Waals surface area contributed by atoms with Crippen molar-refractivity contribution < 1.29 is 4.79 Å². The van der Waals surface area contributed by atoms with Crippen molar-refractivity contribution in [1.82, 2.24) is 14.5 Å². The van der Waals surface area contributed by atoms with Crippen LogP contribution in [-0.4, -0.2) is 21.6 Å². The van der Waals surface area contributed by atoms with Crippen LogP contribution in [0.25, 0.3) is 11.0 Å². The average Bonchev–Trinajstić information content (AvgIpc) is 2.74. The molecule has 0 aliphatic rings. The first kappa shape index (κ1) is 21.3. The van der Waals surface area contributed by atoms with Crippen molar-refractivity contribution in [2.24, 2.45) is 5.92 Å². The summed E-state index contributed by atoms with van der Waals surface area (Å²) in [5, 5.41) is 2.91. The molecule has 0 bridgehead atoms. The SMILES string of the molecule is C=CCn1c(=O)c(=O)n(Cc2ccc(C(=O)NCCC(C)C)cc2)c2ccccc21. The van der Waals surface area contributed by atoms with Gasteiger partial charge in [-0.05, 0) is 42.2 Å². The van der Waals surface area contributed by atoms with Crippen LogP contribution in [0.3, 0.4) is 0 Å². The molecule has 6 nitrogen and oxygen atoms in total. The highest BCUT2D eigenvalue weighted by Gasteiger charge is 2.13. The van der Waals surface area contributed by atoms with Gasteiger partial charge in [0.15, 0.2) is 0 Å². The fourth-order valence-electron chi connectivity index (χ4n) is 3.36. The standard InChI is InChI=1S/C24H27N3O3/c1-4-15-26-20-7-5-6-8-21(20)27(24(30)23(26)29)16-18-9-11-19(12-10-18)22(28)25-14-13-17(2)3/h4-12,17H,1,13-16H2,2-3H3,(H,25,28). The average molecular weight is 405 g/mol. The first-order chi connectivity index (χ1) is 14.4. The molecule has 0 saturated carbocycles. The molecule has 0 atom stereocenters. The van der Waals surface area contributed by atoms with E-state index in [0.29, 0.717) is 29.1 Å². The van der Waals surface area contributed by atoms with Gasteiger partial charge < -0.3 is 5.32 Å². The minimum atomic E-state index is -0.578. The first-order valence-electron chi connectivity index (χ1n) is 10.1. The van der Waals surface area contributed by atoms with Gasteiger partial charge in [-0.2, -0.15) is 0 Å². The minimum absolute atomic E-state index is 0.114. The highest BCUT2D eigenvalue weighted by Crippen LogP contribution is 2.13. The summed E-state index contributed by atoms with van der Waals surface area (Å²) in [4.78, 5) is 37.6. The van der Waals surface area contributed by atoms with E-state index in [4.69, 9.17) is 0 Å². The Morgan fingerprint density at radius 2 is 1.60 bits per heavy atom. The van der Waals surface area contributed by atoms with Crippen molar-refractivity contribution in [3.05, 3.63) is 93.0 Å². The summed E-state index contributed by atoms with van der Waals surface area (Å²) in [6, 6.07) is 14.4. The number of hydrogen-bond acceptors (Lipinski definition) is 3. The third kappa shape index (κ3) is 4.59. The Kier molecular flexibility index (Phi) is 6.67. The summed E-state index contributed by atoms with van der Waals surface area (Å²) < 4.78 is 2.92. The highest BCUT2D eigenvalue weighted by atomic mass is 16.2. The number of carbonyl (C=O) groups is 1. The van der Waals surface area contributed by atoms with E-state index in [9.17, 15) is 14.4 Å².